The molecule has 2 aromatic carbocycles. The number of amides is 1. The second-order valence-electron chi connectivity index (χ2n) is 10.3. The van der Waals surface area contributed by atoms with Crippen LogP contribution < -0.4 is 5.32 Å². The molecule has 0 aliphatic heterocycles. The summed E-state index contributed by atoms with van der Waals surface area (Å²) in [7, 11) is 0. The van der Waals surface area contributed by atoms with E-state index in [2.05, 4.69) is 52.1 Å². The maximum atomic E-state index is 12.6. The third kappa shape index (κ3) is 4.37. The van der Waals surface area contributed by atoms with Gasteiger partial charge in [0, 0.05) is 12.1 Å². The summed E-state index contributed by atoms with van der Waals surface area (Å²) in [5, 5.41) is 12.0. The van der Waals surface area contributed by atoms with Gasteiger partial charge in [0.1, 0.15) is 5.76 Å². The highest BCUT2D eigenvalue weighted by Crippen LogP contribution is 2.46. The van der Waals surface area contributed by atoms with Gasteiger partial charge in [0.15, 0.2) is 5.76 Å². The Balaban J connectivity index is 1.54. The largest absolute Gasteiger partial charge is 0.456 e. The number of benzene rings is 2. The number of nitrogens with one attached hydrogen (secondary N) is 1. The molecule has 3 aromatic rings. The Kier molecular flexibility index (Phi) is 5.76. The van der Waals surface area contributed by atoms with Gasteiger partial charge in [-0.15, -0.1) is 0 Å². The molecule has 1 amide bonds. The van der Waals surface area contributed by atoms with Crippen LogP contribution in [0.1, 0.15) is 84.7 Å². The van der Waals surface area contributed by atoms with E-state index in [1.54, 1.807) is 30.3 Å². The van der Waals surface area contributed by atoms with Crippen LogP contribution in [0.3, 0.4) is 0 Å². The molecule has 0 radical (unpaired) electrons. The van der Waals surface area contributed by atoms with Gasteiger partial charge < -0.3 is 14.8 Å². The first-order valence-corrected chi connectivity index (χ1v) is 11.3. The Morgan fingerprint density at radius 2 is 1.59 bits per heavy atom. The van der Waals surface area contributed by atoms with E-state index in [1.807, 2.05) is 6.07 Å². The fourth-order valence-corrected chi connectivity index (χ4v) is 4.63. The summed E-state index contributed by atoms with van der Waals surface area (Å²) >= 11 is 0. The second kappa shape index (κ2) is 8.25. The zero-order valence-electron chi connectivity index (χ0n) is 19.7. The van der Waals surface area contributed by atoms with Crippen molar-refractivity contribution in [1.82, 2.24) is 0 Å². The predicted octanol–water partition coefficient (Wildman–Crippen LogP) is 6.27. The van der Waals surface area contributed by atoms with Crippen LogP contribution in [0.25, 0.3) is 0 Å². The van der Waals surface area contributed by atoms with E-state index >= 15 is 0 Å². The number of furan rings is 1. The molecule has 0 saturated heterocycles. The van der Waals surface area contributed by atoms with Gasteiger partial charge in [0.2, 0.25) is 0 Å². The Labute approximate surface area is 190 Å². The van der Waals surface area contributed by atoms with Gasteiger partial charge in [-0.3, -0.25) is 4.79 Å². The molecule has 0 fully saturated rings. The van der Waals surface area contributed by atoms with Crippen molar-refractivity contribution in [3.8, 4) is 0 Å². The number of carbonyl (C=O) groups is 1. The quantitative estimate of drug-likeness (QED) is 0.500. The van der Waals surface area contributed by atoms with Gasteiger partial charge in [0.05, 0.1) is 6.61 Å². The third-order valence-electron chi connectivity index (χ3n) is 6.95. The molecule has 0 bridgehead atoms. The minimum absolute atomic E-state index is 0.0213. The fraction of sp³-hybridized carbons (Fsp3) is 0.393. The summed E-state index contributed by atoms with van der Waals surface area (Å²) in [5.74, 6) is 0.794. The molecule has 0 saturated carbocycles. The lowest BCUT2D eigenvalue weighted by atomic mass is 9.62. The molecule has 1 aliphatic carbocycles. The first kappa shape index (κ1) is 22.3. The average molecular weight is 432 g/mol. The normalized spacial score (nSPS) is 16.4. The van der Waals surface area contributed by atoms with Crippen molar-refractivity contribution < 1.29 is 14.3 Å². The highest BCUT2D eigenvalue weighted by atomic mass is 16.3. The van der Waals surface area contributed by atoms with Gasteiger partial charge >= 0.3 is 0 Å². The zero-order valence-corrected chi connectivity index (χ0v) is 19.7. The lowest BCUT2D eigenvalue weighted by Crippen LogP contribution is -2.34. The average Bonchev–Trinajstić information content (AvgIpc) is 3.22. The van der Waals surface area contributed by atoms with Crippen molar-refractivity contribution in [3.63, 3.8) is 0 Å². The molecule has 2 N–H and O–H groups in total. The van der Waals surface area contributed by atoms with E-state index in [9.17, 15) is 4.79 Å². The van der Waals surface area contributed by atoms with Crippen LogP contribution in [0.4, 0.5) is 5.69 Å². The van der Waals surface area contributed by atoms with E-state index in [0.717, 1.165) is 11.3 Å². The van der Waals surface area contributed by atoms with Crippen molar-refractivity contribution in [1.29, 1.82) is 0 Å². The molecule has 1 aromatic heterocycles. The maximum Gasteiger partial charge on any atom is 0.291 e. The van der Waals surface area contributed by atoms with Crippen LogP contribution in [0, 0.1) is 6.92 Å². The minimum Gasteiger partial charge on any atom is -0.456 e. The Bertz CT molecular complexity index is 1140. The standard InChI is InChI=1S/C28H33NO3/c1-18-14-23-24(28(4,5)13-12-27(23,2)3)16-20(18)15-22-10-11-25(32-22)26(31)29-21-8-6-19(17-30)7-9-21/h6-11,14,16,30H,12-13,15,17H2,1-5H3,(H,29,31). The lowest BCUT2D eigenvalue weighted by molar-refractivity contribution is 0.0995. The van der Waals surface area contributed by atoms with Gasteiger partial charge in [-0.1, -0.05) is 52.0 Å². The molecule has 0 unspecified atom stereocenters. The zero-order chi connectivity index (χ0) is 23.1. The van der Waals surface area contributed by atoms with Crippen LogP contribution in [-0.2, 0) is 23.9 Å². The molecule has 168 valence electrons. The van der Waals surface area contributed by atoms with E-state index in [1.165, 1.54) is 35.1 Å². The first-order chi connectivity index (χ1) is 15.1. The third-order valence-corrected chi connectivity index (χ3v) is 6.95. The number of aliphatic hydroxyl groups is 1. The van der Waals surface area contributed by atoms with Crippen LogP contribution in [-0.4, -0.2) is 11.0 Å². The monoisotopic (exact) mass is 431 g/mol. The number of anilines is 1. The van der Waals surface area contributed by atoms with E-state index in [-0.39, 0.29) is 23.3 Å². The minimum atomic E-state index is -0.280. The van der Waals surface area contributed by atoms with Gasteiger partial charge in [-0.05, 0) is 82.7 Å². The Morgan fingerprint density at radius 1 is 0.969 bits per heavy atom. The van der Waals surface area contributed by atoms with Crippen molar-refractivity contribution in [3.05, 3.63) is 87.9 Å². The van der Waals surface area contributed by atoms with Crippen molar-refractivity contribution >= 4 is 11.6 Å². The molecule has 0 spiro atoms. The van der Waals surface area contributed by atoms with Gasteiger partial charge in [-0.2, -0.15) is 0 Å². The molecule has 4 nitrogen and oxygen atoms in total. The van der Waals surface area contributed by atoms with E-state index < -0.39 is 0 Å². The summed E-state index contributed by atoms with van der Waals surface area (Å²) in [5.41, 5.74) is 7.23. The highest BCUT2D eigenvalue weighted by molar-refractivity contribution is 6.02. The number of hydrogen-bond donors (Lipinski definition) is 2. The number of aryl methyl sites for hydroxylation is 1. The number of fused-ring (bicyclic) bond motifs is 1. The topological polar surface area (TPSA) is 62.5 Å². The first-order valence-electron chi connectivity index (χ1n) is 11.3. The van der Waals surface area contributed by atoms with E-state index in [0.29, 0.717) is 17.9 Å². The van der Waals surface area contributed by atoms with Crippen molar-refractivity contribution in [2.75, 3.05) is 5.32 Å². The molecule has 0 atom stereocenters. The summed E-state index contributed by atoms with van der Waals surface area (Å²) in [4.78, 5) is 12.6. The predicted molar refractivity (Wildman–Crippen MR) is 128 cm³/mol. The van der Waals surface area contributed by atoms with Crippen LogP contribution in [0.15, 0.2) is 52.9 Å². The summed E-state index contributed by atoms with van der Waals surface area (Å²) < 4.78 is 5.91. The van der Waals surface area contributed by atoms with Gasteiger partial charge in [-0.25, -0.2) is 0 Å². The summed E-state index contributed by atoms with van der Waals surface area (Å²) in [6.45, 7) is 11.5. The SMILES string of the molecule is Cc1cc2c(cc1Cc1ccc(C(=O)Nc3ccc(CO)cc3)o1)C(C)(C)CCC2(C)C. The number of rotatable bonds is 5. The molecule has 1 heterocycles. The molecular weight excluding hydrogens is 398 g/mol. The molecule has 32 heavy (non-hydrogen) atoms. The molecular formula is C28H33NO3. The van der Waals surface area contributed by atoms with Crippen molar-refractivity contribution in [2.45, 2.75) is 71.3 Å². The molecule has 1 aliphatic rings. The highest BCUT2D eigenvalue weighted by Gasteiger charge is 2.37. The Hall–Kier alpha value is -2.85. The maximum absolute atomic E-state index is 12.6. The van der Waals surface area contributed by atoms with Gasteiger partial charge in [0.25, 0.3) is 5.91 Å². The van der Waals surface area contributed by atoms with Crippen molar-refractivity contribution in [2.24, 2.45) is 0 Å². The van der Waals surface area contributed by atoms with Crippen LogP contribution in [0.2, 0.25) is 0 Å². The molecule has 4 rings (SSSR count). The van der Waals surface area contributed by atoms with E-state index in [4.69, 9.17) is 9.52 Å². The summed E-state index contributed by atoms with van der Waals surface area (Å²) in [6.07, 6.45) is 3.04. The van der Waals surface area contributed by atoms with Crippen LogP contribution in [0.5, 0.6) is 0 Å². The number of aliphatic hydroxyl groups excluding tert-OH is 1. The number of carbonyl (C=O) groups excluding carboxylic acids is 1. The molecule has 4 heteroatoms. The summed E-state index contributed by atoms with van der Waals surface area (Å²) in [6, 6.07) is 15.4. The smallest absolute Gasteiger partial charge is 0.291 e. The lowest BCUT2D eigenvalue weighted by Gasteiger charge is -2.42. The Morgan fingerprint density at radius 3 is 2.22 bits per heavy atom. The second-order valence-corrected chi connectivity index (χ2v) is 10.3. The fourth-order valence-electron chi connectivity index (χ4n) is 4.63. The van der Waals surface area contributed by atoms with Crippen LogP contribution >= 0.6 is 0 Å². The number of hydrogen-bond acceptors (Lipinski definition) is 3.